The number of thioether (sulfide) groups is 1. The van der Waals surface area contributed by atoms with Gasteiger partial charge in [0, 0.05) is 5.92 Å². The summed E-state index contributed by atoms with van der Waals surface area (Å²) in [5.41, 5.74) is 11.6. The summed E-state index contributed by atoms with van der Waals surface area (Å²) in [5.74, 6) is 0.501. The number of fused-ring (bicyclic) bond motifs is 3. The quantitative estimate of drug-likeness (QED) is 0.506. The van der Waals surface area contributed by atoms with Crippen LogP contribution in [0.15, 0.2) is 85.8 Å². The zero-order valence-corrected chi connectivity index (χ0v) is 16.7. The molecule has 0 saturated heterocycles. The molecule has 1 aromatic carbocycles. The van der Waals surface area contributed by atoms with Gasteiger partial charge in [-0.05, 0) is 86.8 Å². The van der Waals surface area contributed by atoms with Gasteiger partial charge in [0.25, 0.3) is 0 Å². The van der Waals surface area contributed by atoms with Gasteiger partial charge < -0.3 is 0 Å². The molecule has 0 bridgehead atoms. The van der Waals surface area contributed by atoms with E-state index in [1.54, 1.807) is 0 Å². The van der Waals surface area contributed by atoms with Crippen LogP contribution in [-0.2, 0) is 0 Å². The molecule has 0 radical (unpaired) electrons. The standard InChI is InChI=1S/C23H19BrS/c1-13-9-19-14(2)20-12-23(24)25-22(20)11-21(19)18(13)10-16-8-7-15-5-3-4-6-17(15)16/h3-9,11-12,16,22H,10H2,1-2H3. The lowest BCUT2D eigenvalue weighted by Crippen LogP contribution is -2.10. The fraction of sp³-hybridized carbons (Fsp3) is 0.217. The van der Waals surface area contributed by atoms with E-state index in [9.17, 15) is 0 Å². The lowest BCUT2D eigenvalue weighted by molar-refractivity contribution is 0.841. The molecule has 1 aliphatic heterocycles. The van der Waals surface area contributed by atoms with Crippen molar-refractivity contribution < 1.29 is 0 Å². The van der Waals surface area contributed by atoms with E-state index >= 15 is 0 Å². The lowest BCUT2D eigenvalue weighted by atomic mass is 9.83. The average molecular weight is 407 g/mol. The molecule has 124 valence electrons. The van der Waals surface area contributed by atoms with E-state index in [-0.39, 0.29) is 0 Å². The smallest absolute Gasteiger partial charge is 0.0542 e. The van der Waals surface area contributed by atoms with E-state index < -0.39 is 0 Å². The molecule has 4 aliphatic rings. The van der Waals surface area contributed by atoms with Crippen LogP contribution in [0.4, 0.5) is 0 Å². The third-order valence-electron chi connectivity index (χ3n) is 5.75. The molecule has 5 rings (SSSR count). The summed E-state index contributed by atoms with van der Waals surface area (Å²) < 4.78 is 1.25. The summed E-state index contributed by atoms with van der Waals surface area (Å²) in [6.07, 6.45) is 12.9. The van der Waals surface area contributed by atoms with Gasteiger partial charge in [0.2, 0.25) is 0 Å². The van der Waals surface area contributed by atoms with Crippen LogP contribution in [0, 0.1) is 0 Å². The summed E-state index contributed by atoms with van der Waals surface area (Å²) in [6, 6.07) is 8.80. The van der Waals surface area contributed by atoms with Crippen molar-refractivity contribution in [2.75, 3.05) is 0 Å². The molecule has 0 amide bonds. The van der Waals surface area contributed by atoms with Gasteiger partial charge in [-0.15, -0.1) is 11.8 Å². The Labute approximate surface area is 161 Å². The minimum atomic E-state index is 0.467. The van der Waals surface area contributed by atoms with Crippen molar-refractivity contribution in [1.29, 1.82) is 0 Å². The summed E-state index contributed by atoms with van der Waals surface area (Å²) in [4.78, 5) is 0. The number of hydrogen-bond donors (Lipinski definition) is 0. The van der Waals surface area contributed by atoms with Gasteiger partial charge in [-0.3, -0.25) is 0 Å². The highest BCUT2D eigenvalue weighted by Gasteiger charge is 2.33. The Morgan fingerprint density at radius 3 is 2.80 bits per heavy atom. The normalized spacial score (nSPS) is 26.4. The van der Waals surface area contributed by atoms with Crippen molar-refractivity contribution in [2.24, 2.45) is 0 Å². The topological polar surface area (TPSA) is 0 Å². The molecule has 1 aromatic rings. The Morgan fingerprint density at radius 2 is 1.92 bits per heavy atom. The molecule has 0 saturated carbocycles. The number of halogens is 1. The molecule has 25 heavy (non-hydrogen) atoms. The molecule has 2 unspecified atom stereocenters. The second kappa shape index (κ2) is 5.75. The number of allylic oxidation sites excluding steroid dienone is 8. The lowest BCUT2D eigenvalue weighted by Gasteiger charge is -2.23. The molecule has 2 heteroatoms. The molecule has 0 nitrogen and oxygen atoms in total. The van der Waals surface area contributed by atoms with E-state index in [2.05, 4.69) is 84.4 Å². The average Bonchev–Trinajstić information content (AvgIpc) is 3.26. The van der Waals surface area contributed by atoms with Crippen LogP contribution in [-0.4, -0.2) is 5.25 Å². The molecule has 0 spiro atoms. The molecule has 3 aliphatic carbocycles. The maximum atomic E-state index is 3.67. The minimum absolute atomic E-state index is 0.467. The highest BCUT2D eigenvalue weighted by molar-refractivity contribution is 9.14. The molecule has 0 N–H and O–H groups in total. The first-order valence-corrected chi connectivity index (χ1v) is 10.5. The predicted octanol–water partition coefficient (Wildman–Crippen LogP) is 7.05. The van der Waals surface area contributed by atoms with Gasteiger partial charge in [-0.25, -0.2) is 0 Å². The third kappa shape index (κ3) is 2.42. The van der Waals surface area contributed by atoms with E-state index in [4.69, 9.17) is 0 Å². The Balaban J connectivity index is 1.49. The summed E-state index contributed by atoms with van der Waals surface area (Å²) in [7, 11) is 0. The molecular formula is C23H19BrS. The molecule has 0 aromatic heterocycles. The van der Waals surface area contributed by atoms with Gasteiger partial charge in [0.15, 0.2) is 0 Å². The van der Waals surface area contributed by atoms with Crippen LogP contribution in [0.1, 0.15) is 37.3 Å². The highest BCUT2D eigenvalue weighted by atomic mass is 79.9. The molecular weight excluding hydrogens is 388 g/mol. The second-order valence-corrected chi connectivity index (χ2v) is 9.73. The monoisotopic (exact) mass is 406 g/mol. The van der Waals surface area contributed by atoms with Crippen LogP contribution in [0.25, 0.3) is 6.08 Å². The van der Waals surface area contributed by atoms with Gasteiger partial charge in [0.05, 0.1) is 9.06 Å². The Morgan fingerprint density at radius 1 is 1.08 bits per heavy atom. The summed E-state index contributed by atoms with van der Waals surface area (Å²) in [6.45, 7) is 4.56. The van der Waals surface area contributed by atoms with E-state index in [1.165, 1.54) is 48.4 Å². The van der Waals surface area contributed by atoms with Crippen LogP contribution < -0.4 is 0 Å². The van der Waals surface area contributed by atoms with Crippen molar-refractivity contribution in [3.8, 4) is 0 Å². The molecule has 0 fully saturated rings. The predicted molar refractivity (Wildman–Crippen MR) is 113 cm³/mol. The molecule has 2 atom stereocenters. The van der Waals surface area contributed by atoms with Crippen LogP contribution in [0.5, 0.6) is 0 Å². The van der Waals surface area contributed by atoms with E-state index in [0.717, 1.165) is 6.42 Å². The maximum absolute atomic E-state index is 3.67. The summed E-state index contributed by atoms with van der Waals surface area (Å²) in [5, 5.41) is 0.467. The van der Waals surface area contributed by atoms with E-state index in [1.807, 2.05) is 11.8 Å². The van der Waals surface area contributed by atoms with Crippen molar-refractivity contribution in [3.63, 3.8) is 0 Å². The fourth-order valence-electron chi connectivity index (χ4n) is 4.43. The SMILES string of the molecule is CC1=C(CC2C=Cc3ccccc32)C2=CC3SC(Br)=CC3=C(C)C2=C1. The molecule has 1 heterocycles. The maximum Gasteiger partial charge on any atom is 0.0542 e. The van der Waals surface area contributed by atoms with Crippen molar-refractivity contribution in [2.45, 2.75) is 31.4 Å². The van der Waals surface area contributed by atoms with Gasteiger partial charge in [-0.2, -0.15) is 0 Å². The Bertz CT molecular complexity index is 981. The van der Waals surface area contributed by atoms with Crippen molar-refractivity contribution in [1.82, 2.24) is 0 Å². The first-order valence-electron chi connectivity index (χ1n) is 8.78. The number of hydrogen-bond acceptors (Lipinski definition) is 1. The van der Waals surface area contributed by atoms with Crippen LogP contribution in [0.2, 0.25) is 0 Å². The largest absolute Gasteiger partial charge is 0.106 e. The Kier molecular flexibility index (Phi) is 3.62. The number of benzene rings is 1. The van der Waals surface area contributed by atoms with E-state index in [0.29, 0.717) is 11.2 Å². The second-order valence-electron chi connectivity index (χ2n) is 7.17. The van der Waals surface area contributed by atoms with Crippen LogP contribution in [0.3, 0.4) is 0 Å². The van der Waals surface area contributed by atoms with Gasteiger partial charge in [-0.1, -0.05) is 48.6 Å². The zero-order chi connectivity index (χ0) is 17.1. The van der Waals surface area contributed by atoms with Crippen molar-refractivity contribution >= 4 is 33.8 Å². The first-order chi connectivity index (χ1) is 12.1. The first kappa shape index (κ1) is 15.7. The summed E-state index contributed by atoms with van der Waals surface area (Å²) >= 11 is 5.59. The minimum Gasteiger partial charge on any atom is -0.106 e. The third-order valence-corrected chi connectivity index (χ3v) is 7.53. The zero-order valence-electron chi connectivity index (χ0n) is 14.3. The van der Waals surface area contributed by atoms with Crippen molar-refractivity contribution in [3.05, 3.63) is 96.9 Å². The fourth-order valence-corrected chi connectivity index (χ4v) is 6.29. The number of rotatable bonds is 2. The highest BCUT2D eigenvalue weighted by Crippen LogP contribution is 2.51. The van der Waals surface area contributed by atoms with Crippen LogP contribution >= 0.6 is 27.7 Å². The Hall–Kier alpha value is -1.51. The van der Waals surface area contributed by atoms with Gasteiger partial charge in [0.1, 0.15) is 0 Å². The van der Waals surface area contributed by atoms with Gasteiger partial charge >= 0.3 is 0 Å².